The standard InChI is InChI=1S/C19H22FN3OS/c20-17-4-2-1-3-13(17)10-16-11-21-19(25-16)23-18(24)9-12-7-14-5-6-15(8-12)22-14/h1-4,11-12,14-15,22H,5-10H2,(H,21,23,24). The second-order valence-corrected chi connectivity index (χ2v) is 8.24. The van der Waals surface area contributed by atoms with Crippen molar-refractivity contribution in [3.05, 3.63) is 46.7 Å². The molecule has 25 heavy (non-hydrogen) atoms. The maximum Gasteiger partial charge on any atom is 0.226 e. The molecule has 4 nitrogen and oxygen atoms in total. The lowest BCUT2D eigenvalue weighted by Crippen LogP contribution is -2.39. The average molecular weight is 359 g/mol. The van der Waals surface area contributed by atoms with E-state index in [0.29, 0.717) is 41.5 Å². The van der Waals surface area contributed by atoms with Crippen LogP contribution in [0.4, 0.5) is 9.52 Å². The van der Waals surface area contributed by atoms with Crippen molar-refractivity contribution in [3.8, 4) is 0 Å². The van der Waals surface area contributed by atoms with Gasteiger partial charge in [0.25, 0.3) is 0 Å². The van der Waals surface area contributed by atoms with Crippen LogP contribution < -0.4 is 10.6 Å². The molecule has 2 unspecified atom stereocenters. The number of aromatic nitrogens is 1. The molecule has 0 aliphatic carbocycles. The number of thiazole rings is 1. The third-order valence-corrected chi connectivity index (χ3v) is 6.08. The molecule has 1 aromatic heterocycles. The molecule has 0 spiro atoms. The van der Waals surface area contributed by atoms with Gasteiger partial charge in [0.15, 0.2) is 5.13 Å². The Balaban J connectivity index is 1.31. The zero-order valence-corrected chi connectivity index (χ0v) is 14.8. The number of piperidine rings is 1. The Morgan fingerprint density at radius 2 is 2.04 bits per heavy atom. The number of hydrogen-bond donors (Lipinski definition) is 2. The molecule has 2 bridgehead atoms. The highest BCUT2D eigenvalue weighted by atomic mass is 32.1. The second kappa shape index (κ2) is 7.22. The highest BCUT2D eigenvalue weighted by molar-refractivity contribution is 7.15. The topological polar surface area (TPSA) is 54.0 Å². The molecule has 2 aliphatic rings. The monoisotopic (exact) mass is 359 g/mol. The molecule has 2 saturated heterocycles. The molecule has 6 heteroatoms. The molecular formula is C19H22FN3OS. The molecule has 3 heterocycles. The van der Waals surface area contributed by atoms with E-state index in [1.807, 2.05) is 6.07 Å². The summed E-state index contributed by atoms with van der Waals surface area (Å²) >= 11 is 1.42. The largest absolute Gasteiger partial charge is 0.311 e. The van der Waals surface area contributed by atoms with Gasteiger partial charge in [0, 0.05) is 36.0 Å². The minimum absolute atomic E-state index is 0.0399. The SMILES string of the molecule is O=C(CC1CC2CCC(C1)N2)Nc1ncc(Cc2ccccc2F)s1. The van der Waals surface area contributed by atoms with Crippen LogP contribution in [0.3, 0.4) is 0 Å². The fraction of sp³-hybridized carbons (Fsp3) is 0.474. The highest BCUT2D eigenvalue weighted by Gasteiger charge is 2.34. The van der Waals surface area contributed by atoms with Gasteiger partial charge in [-0.25, -0.2) is 9.37 Å². The molecule has 0 radical (unpaired) electrons. The maximum absolute atomic E-state index is 13.7. The van der Waals surface area contributed by atoms with Gasteiger partial charge in [-0.1, -0.05) is 18.2 Å². The Morgan fingerprint density at radius 3 is 2.80 bits per heavy atom. The van der Waals surface area contributed by atoms with Crippen LogP contribution >= 0.6 is 11.3 Å². The predicted molar refractivity (Wildman–Crippen MR) is 97.2 cm³/mol. The van der Waals surface area contributed by atoms with Crippen molar-refractivity contribution in [1.29, 1.82) is 0 Å². The zero-order chi connectivity index (χ0) is 17.2. The number of anilines is 1. The van der Waals surface area contributed by atoms with Gasteiger partial charge in [-0.3, -0.25) is 4.79 Å². The minimum atomic E-state index is -0.206. The molecule has 2 atom stereocenters. The zero-order valence-electron chi connectivity index (χ0n) is 14.0. The van der Waals surface area contributed by atoms with Crippen LogP contribution in [0.5, 0.6) is 0 Å². The number of nitrogens with zero attached hydrogens (tertiary/aromatic N) is 1. The first kappa shape index (κ1) is 16.7. The summed E-state index contributed by atoms with van der Waals surface area (Å²) in [6.45, 7) is 0. The van der Waals surface area contributed by atoms with E-state index in [9.17, 15) is 9.18 Å². The van der Waals surface area contributed by atoms with Gasteiger partial charge in [0.2, 0.25) is 5.91 Å². The van der Waals surface area contributed by atoms with Crippen LogP contribution in [0, 0.1) is 11.7 Å². The second-order valence-electron chi connectivity index (χ2n) is 7.13. The van der Waals surface area contributed by atoms with Crippen molar-refractivity contribution in [2.75, 3.05) is 5.32 Å². The van der Waals surface area contributed by atoms with Crippen LogP contribution in [-0.2, 0) is 11.2 Å². The molecule has 1 amide bonds. The Hall–Kier alpha value is -1.79. The smallest absolute Gasteiger partial charge is 0.226 e. The number of benzene rings is 1. The fourth-order valence-electron chi connectivity index (χ4n) is 4.05. The summed E-state index contributed by atoms with van der Waals surface area (Å²) in [7, 11) is 0. The van der Waals surface area contributed by atoms with Crippen LogP contribution in [0.2, 0.25) is 0 Å². The van der Waals surface area contributed by atoms with Gasteiger partial charge < -0.3 is 10.6 Å². The third kappa shape index (κ3) is 4.07. The van der Waals surface area contributed by atoms with Crippen LogP contribution in [0.1, 0.15) is 42.5 Å². The summed E-state index contributed by atoms with van der Waals surface area (Å²) in [5, 5.41) is 7.12. The molecule has 2 N–H and O–H groups in total. The van der Waals surface area contributed by atoms with E-state index in [4.69, 9.17) is 0 Å². The Labute approximate surface area is 150 Å². The van der Waals surface area contributed by atoms with Crippen molar-refractivity contribution in [1.82, 2.24) is 10.3 Å². The van der Waals surface area contributed by atoms with Crippen molar-refractivity contribution < 1.29 is 9.18 Å². The van der Waals surface area contributed by atoms with Crippen molar-refractivity contribution in [3.63, 3.8) is 0 Å². The first-order valence-corrected chi connectivity index (χ1v) is 9.71. The van der Waals surface area contributed by atoms with Gasteiger partial charge in [0.05, 0.1) is 0 Å². The highest BCUT2D eigenvalue weighted by Crippen LogP contribution is 2.33. The first-order valence-electron chi connectivity index (χ1n) is 8.89. The lowest BCUT2D eigenvalue weighted by molar-refractivity contribution is -0.117. The molecular weight excluding hydrogens is 337 g/mol. The third-order valence-electron chi connectivity index (χ3n) is 5.17. The minimum Gasteiger partial charge on any atom is -0.311 e. The number of rotatable bonds is 5. The fourth-order valence-corrected chi connectivity index (χ4v) is 4.90. The van der Waals surface area contributed by atoms with Gasteiger partial charge >= 0.3 is 0 Å². The van der Waals surface area contributed by atoms with Crippen molar-refractivity contribution in [2.45, 2.75) is 50.6 Å². The van der Waals surface area contributed by atoms with E-state index >= 15 is 0 Å². The van der Waals surface area contributed by atoms with Crippen LogP contribution in [0.25, 0.3) is 0 Å². The van der Waals surface area contributed by atoms with E-state index in [0.717, 1.165) is 17.7 Å². The number of amides is 1. The number of hydrogen-bond acceptors (Lipinski definition) is 4. The van der Waals surface area contributed by atoms with E-state index in [1.54, 1.807) is 18.3 Å². The van der Waals surface area contributed by atoms with Gasteiger partial charge in [0.1, 0.15) is 5.82 Å². The molecule has 0 saturated carbocycles. The lowest BCUT2D eigenvalue weighted by Gasteiger charge is -2.28. The van der Waals surface area contributed by atoms with Crippen molar-refractivity contribution >= 4 is 22.4 Å². The van der Waals surface area contributed by atoms with E-state index in [2.05, 4.69) is 15.6 Å². The molecule has 2 fully saturated rings. The number of carbonyl (C=O) groups excluding carboxylic acids is 1. The molecule has 132 valence electrons. The molecule has 4 rings (SSSR count). The average Bonchev–Trinajstić information content (AvgIpc) is 3.15. The van der Waals surface area contributed by atoms with Crippen molar-refractivity contribution in [2.24, 2.45) is 5.92 Å². The lowest BCUT2D eigenvalue weighted by atomic mass is 9.89. The first-order chi connectivity index (χ1) is 12.2. The maximum atomic E-state index is 13.7. The van der Waals surface area contributed by atoms with E-state index < -0.39 is 0 Å². The molecule has 2 aromatic rings. The van der Waals surface area contributed by atoms with E-state index in [1.165, 1.54) is 30.2 Å². The Kier molecular flexibility index (Phi) is 4.81. The summed E-state index contributed by atoms with van der Waals surface area (Å²) in [6.07, 6.45) is 7.47. The number of halogens is 1. The summed E-state index contributed by atoms with van der Waals surface area (Å²) in [5.74, 6) is 0.303. The molecule has 1 aromatic carbocycles. The van der Waals surface area contributed by atoms with Crippen LogP contribution in [0.15, 0.2) is 30.5 Å². The number of fused-ring (bicyclic) bond motifs is 2. The Bertz CT molecular complexity index is 751. The summed E-state index contributed by atoms with van der Waals surface area (Å²) < 4.78 is 13.7. The quantitative estimate of drug-likeness (QED) is 0.855. The summed E-state index contributed by atoms with van der Waals surface area (Å²) in [6, 6.07) is 7.95. The summed E-state index contributed by atoms with van der Waals surface area (Å²) in [4.78, 5) is 17.5. The van der Waals surface area contributed by atoms with Gasteiger partial charge in [-0.15, -0.1) is 11.3 Å². The summed E-state index contributed by atoms with van der Waals surface area (Å²) in [5.41, 5.74) is 0.647. The van der Waals surface area contributed by atoms with Crippen LogP contribution in [-0.4, -0.2) is 23.0 Å². The van der Waals surface area contributed by atoms with Gasteiger partial charge in [-0.05, 0) is 43.2 Å². The van der Waals surface area contributed by atoms with E-state index in [-0.39, 0.29) is 11.7 Å². The molecule has 2 aliphatic heterocycles. The Morgan fingerprint density at radius 1 is 1.28 bits per heavy atom. The number of nitrogens with one attached hydrogen (secondary N) is 2. The normalized spacial score (nSPS) is 25.1. The number of carbonyl (C=O) groups is 1. The van der Waals surface area contributed by atoms with Gasteiger partial charge in [-0.2, -0.15) is 0 Å². The predicted octanol–water partition coefficient (Wildman–Crippen LogP) is 3.73.